The number of aryl methyl sites for hydroxylation is 1. The number of thioether (sulfide) groups is 1. The van der Waals surface area contributed by atoms with Crippen LogP contribution in [0.3, 0.4) is 0 Å². The number of carbonyl (C=O) groups excluding carboxylic acids is 1. The molecule has 26 heavy (non-hydrogen) atoms. The van der Waals surface area contributed by atoms with Gasteiger partial charge in [-0.2, -0.15) is 11.8 Å². The van der Waals surface area contributed by atoms with Crippen LogP contribution < -0.4 is 10.1 Å². The summed E-state index contributed by atoms with van der Waals surface area (Å²) in [7, 11) is 0. The van der Waals surface area contributed by atoms with Gasteiger partial charge in [-0.05, 0) is 37.8 Å². The Labute approximate surface area is 162 Å². The van der Waals surface area contributed by atoms with Crippen LogP contribution in [-0.2, 0) is 4.79 Å². The van der Waals surface area contributed by atoms with Crippen molar-refractivity contribution in [2.75, 3.05) is 37.7 Å². The van der Waals surface area contributed by atoms with Crippen LogP contribution in [0.15, 0.2) is 24.3 Å². The number of para-hydroxylation sites is 1. The standard InChI is InChI=1S/C21H32N2O2S/c1-18-7-2-3-8-19(18)25-14-6-9-20(24)22-17-21(10-4-5-11-21)23-12-15-26-16-13-23/h2-3,7-8H,4-6,9-17H2,1H3,(H,22,24). The maximum absolute atomic E-state index is 12.3. The molecule has 0 aromatic heterocycles. The molecule has 1 aliphatic carbocycles. The fourth-order valence-electron chi connectivity index (χ4n) is 4.16. The summed E-state index contributed by atoms with van der Waals surface area (Å²) in [6.07, 6.45) is 6.35. The Morgan fingerprint density at radius 3 is 2.69 bits per heavy atom. The van der Waals surface area contributed by atoms with Crippen LogP contribution in [0.1, 0.15) is 44.1 Å². The molecule has 144 valence electrons. The van der Waals surface area contributed by atoms with Crippen molar-refractivity contribution in [3.8, 4) is 5.75 Å². The number of benzene rings is 1. The van der Waals surface area contributed by atoms with E-state index in [-0.39, 0.29) is 11.4 Å². The molecule has 4 nitrogen and oxygen atoms in total. The zero-order chi connectivity index (χ0) is 18.2. The van der Waals surface area contributed by atoms with E-state index in [9.17, 15) is 4.79 Å². The Kier molecular flexibility index (Phi) is 7.26. The van der Waals surface area contributed by atoms with Crippen LogP contribution in [-0.4, -0.2) is 54.1 Å². The van der Waals surface area contributed by atoms with Gasteiger partial charge in [-0.1, -0.05) is 31.0 Å². The largest absolute Gasteiger partial charge is 0.493 e. The van der Waals surface area contributed by atoms with Gasteiger partial charge in [0.25, 0.3) is 0 Å². The summed E-state index contributed by atoms with van der Waals surface area (Å²) in [6.45, 7) is 5.79. The molecular weight excluding hydrogens is 344 g/mol. The summed E-state index contributed by atoms with van der Waals surface area (Å²) in [5, 5.41) is 3.23. The number of nitrogens with one attached hydrogen (secondary N) is 1. The molecule has 2 aliphatic rings. The number of amides is 1. The van der Waals surface area contributed by atoms with Gasteiger partial charge in [0.05, 0.1) is 6.61 Å². The zero-order valence-electron chi connectivity index (χ0n) is 16.0. The highest BCUT2D eigenvalue weighted by molar-refractivity contribution is 7.99. The van der Waals surface area contributed by atoms with Crippen LogP contribution >= 0.6 is 11.8 Å². The van der Waals surface area contributed by atoms with E-state index < -0.39 is 0 Å². The minimum absolute atomic E-state index is 0.163. The van der Waals surface area contributed by atoms with Gasteiger partial charge in [0, 0.05) is 43.1 Å². The van der Waals surface area contributed by atoms with Crippen LogP contribution in [0.5, 0.6) is 5.75 Å². The molecule has 1 aliphatic heterocycles. The fourth-order valence-corrected chi connectivity index (χ4v) is 5.06. The third-order valence-electron chi connectivity index (χ3n) is 5.73. The van der Waals surface area contributed by atoms with Crippen LogP contribution in [0.4, 0.5) is 0 Å². The molecule has 5 heteroatoms. The van der Waals surface area contributed by atoms with Crippen molar-refractivity contribution in [3.05, 3.63) is 29.8 Å². The van der Waals surface area contributed by atoms with Crippen molar-refractivity contribution < 1.29 is 9.53 Å². The van der Waals surface area contributed by atoms with Gasteiger partial charge in [0.15, 0.2) is 0 Å². The van der Waals surface area contributed by atoms with E-state index in [0.29, 0.717) is 13.0 Å². The van der Waals surface area contributed by atoms with Crippen molar-refractivity contribution in [1.29, 1.82) is 0 Å². The molecule has 0 bridgehead atoms. The predicted molar refractivity (Wildman–Crippen MR) is 109 cm³/mol. The van der Waals surface area contributed by atoms with E-state index in [4.69, 9.17) is 4.74 Å². The van der Waals surface area contributed by atoms with Crippen molar-refractivity contribution in [1.82, 2.24) is 10.2 Å². The first kappa shape index (κ1) is 19.6. The third-order valence-corrected chi connectivity index (χ3v) is 6.67. The lowest BCUT2D eigenvalue weighted by atomic mass is 9.94. The van der Waals surface area contributed by atoms with E-state index in [2.05, 4.69) is 22.0 Å². The lowest BCUT2D eigenvalue weighted by molar-refractivity contribution is -0.122. The first-order valence-corrected chi connectivity index (χ1v) is 11.1. The summed E-state index contributed by atoms with van der Waals surface area (Å²) < 4.78 is 5.79. The van der Waals surface area contributed by atoms with Gasteiger partial charge >= 0.3 is 0 Å². The van der Waals surface area contributed by atoms with Crippen molar-refractivity contribution in [2.45, 2.75) is 51.0 Å². The Morgan fingerprint density at radius 2 is 1.96 bits per heavy atom. The van der Waals surface area contributed by atoms with Gasteiger partial charge in [0.1, 0.15) is 5.75 Å². The Morgan fingerprint density at radius 1 is 1.23 bits per heavy atom. The second kappa shape index (κ2) is 9.65. The second-order valence-corrected chi connectivity index (χ2v) is 8.75. The van der Waals surface area contributed by atoms with Crippen molar-refractivity contribution in [2.24, 2.45) is 0 Å². The van der Waals surface area contributed by atoms with Crippen LogP contribution in [0, 0.1) is 6.92 Å². The monoisotopic (exact) mass is 376 g/mol. The molecule has 1 saturated carbocycles. The van der Waals surface area contributed by atoms with E-state index in [1.165, 1.54) is 50.3 Å². The van der Waals surface area contributed by atoms with E-state index in [1.54, 1.807) is 0 Å². The Bertz CT molecular complexity index is 581. The van der Waals surface area contributed by atoms with Crippen LogP contribution in [0.2, 0.25) is 0 Å². The normalized spacial score (nSPS) is 20.0. The first-order valence-electron chi connectivity index (χ1n) is 9.98. The van der Waals surface area contributed by atoms with Gasteiger partial charge in [-0.15, -0.1) is 0 Å². The molecule has 1 aromatic carbocycles. The number of carbonyl (C=O) groups is 1. The van der Waals surface area contributed by atoms with E-state index in [0.717, 1.165) is 24.3 Å². The molecule has 0 atom stereocenters. The van der Waals surface area contributed by atoms with E-state index in [1.807, 2.05) is 31.2 Å². The first-order chi connectivity index (χ1) is 12.7. The molecule has 1 N–H and O–H groups in total. The van der Waals surface area contributed by atoms with E-state index >= 15 is 0 Å². The summed E-state index contributed by atoms with van der Waals surface area (Å²) in [6, 6.07) is 8.02. The molecular formula is C21H32N2O2S. The number of ether oxygens (including phenoxy) is 1. The molecule has 0 radical (unpaired) electrons. The quantitative estimate of drug-likeness (QED) is 0.704. The number of hydrogen-bond acceptors (Lipinski definition) is 4. The molecule has 1 heterocycles. The lowest BCUT2D eigenvalue weighted by Crippen LogP contribution is -2.56. The third kappa shape index (κ3) is 5.17. The summed E-state index contributed by atoms with van der Waals surface area (Å²) >= 11 is 2.05. The molecule has 2 fully saturated rings. The summed E-state index contributed by atoms with van der Waals surface area (Å²) in [5.74, 6) is 3.54. The smallest absolute Gasteiger partial charge is 0.220 e. The summed E-state index contributed by atoms with van der Waals surface area (Å²) in [5.41, 5.74) is 1.36. The average Bonchev–Trinajstić information content (AvgIpc) is 3.16. The molecule has 1 aromatic rings. The second-order valence-electron chi connectivity index (χ2n) is 7.53. The lowest BCUT2D eigenvalue weighted by Gasteiger charge is -2.43. The van der Waals surface area contributed by atoms with Gasteiger partial charge in [-0.25, -0.2) is 0 Å². The Hall–Kier alpha value is -1.20. The minimum Gasteiger partial charge on any atom is -0.493 e. The number of nitrogens with zero attached hydrogens (tertiary/aromatic N) is 1. The molecule has 1 saturated heterocycles. The molecule has 0 unspecified atom stereocenters. The average molecular weight is 377 g/mol. The van der Waals surface area contributed by atoms with Gasteiger partial charge in [-0.3, -0.25) is 9.69 Å². The Balaban J connectivity index is 1.39. The predicted octanol–water partition coefficient (Wildman–Crippen LogP) is 3.63. The van der Waals surface area contributed by atoms with Crippen LogP contribution in [0.25, 0.3) is 0 Å². The fraction of sp³-hybridized carbons (Fsp3) is 0.667. The van der Waals surface area contributed by atoms with Crippen molar-refractivity contribution >= 4 is 17.7 Å². The molecule has 3 rings (SSSR count). The highest BCUT2D eigenvalue weighted by Crippen LogP contribution is 2.36. The summed E-state index contributed by atoms with van der Waals surface area (Å²) in [4.78, 5) is 15.0. The van der Waals surface area contributed by atoms with Crippen molar-refractivity contribution in [3.63, 3.8) is 0 Å². The highest BCUT2D eigenvalue weighted by Gasteiger charge is 2.40. The maximum Gasteiger partial charge on any atom is 0.220 e. The maximum atomic E-state index is 12.3. The molecule has 0 spiro atoms. The highest BCUT2D eigenvalue weighted by atomic mass is 32.2. The van der Waals surface area contributed by atoms with Gasteiger partial charge < -0.3 is 10.1 Å². The molecule has 1 amide bonds. The van der Waals surface area contributed by atoms with Gasteiger partial charge in [0.2, 0.25) is 5.91 Å². The SMILES string of the molecule is Cc1ccccc1OCCCC(=O)NCC1(N2CCSCC2)CCCC1. The topological polar surface area (TPSA) is 41.6 Å². The number of rotatable bonds is 8. The minimum atomic E-state index is 0.163. The zero-order valence-corrected chi connectivity index (χ0v) is 16.8. The number of hydrogen-bond donors (Lipinski definition) is 1.